The van der Waals surface area contributed by atoms with Gasteiger partial charge >= 0.3 is 12.2 Å². The Kier molecular flexibility index (Phi) is 7.34. The highest BCUT2D eigenvalue weighted by Crippen LogP contribution is 2.34. The third-order valence-corrected chi connectivity index (χ3v) is 4.74. The van der Waals surface area contributed by atoms with E-state index >= 15 is 0 Å². The number of anilines is 3. The van der Waals surface area contributed by atoms with Crippen LogP contribution in [0.2, 0.25) is 5.02 Å². The monoisotopic (exact) mass is 474 g/mol. The third kappa shape index (κ3) is 6.81. The molecule has 0 fully saturated rings. The Labute approximate surface area is 192 Å². The molecule has 3 N–H and O–H groups in total. The van der Waals surface area contributed by atoms with Crippen molar-refractivity contribution in [1.29, 1.82) is 0 Å². The molecule has 1 aromatic heterocycles. The van der Waals surface area contributed by atoms with Crippen LogP contribution < -0.4 is 16.0 Å². The normalized spacial score (nSPS) is 11.3. The van der Waals surface area contributed by atoms with Gasteiger partial charge in [-0.3, -0.25) is 9.78 Å². The second-order valence-corrected chi connectivity index (χ2v) is 7.32. The lowest BCUT2D eigenvalue weighted by Gasteiger charge is -2.13. The van der Waals surface area contributed by atoms with Crippen molar-refractivity contribution in [3.63, 3.8) is 0 Å². The molecule has 6 nitrogen and oxygen atoms in total. The average molecular weight is 475 g/mol. The van der Waals surface area contributed by atoms with E-state index in [0.29, 0.717) is 11.4 Å². The third-order valence-electron chi connectivity index (χ3n) is 4.41. The highest BCUT2D eigenvalue weighted by atomic mass is 35.5. The van der Waals surface area contributed by atoms with Crippen molar-refractivity contribution in [2.45, 2.75) is 13.1 Å². The van der Waals surface area contributed by atoms with Crippen LogP contribution >= 0.6 is 11.6 Å². The summed E-state index contributed by atoms with van der Waals surface area (Å²) in [6.07, 6.45) is 1.60. The van der Waals surface area contributed by atoms with E-state index in [1.165, 1.54) is 12.1 Å². The van der Waals surface area contributed by atoms with Crippen LogP contribution in [-0.2, 0) is 11.0 Å². The molecule has 0 aliphatic carbocycles. The zero-order valence-electron chi connectivity index (χ0n) is 17.2. The minimum absolute atomic E-state index is 0.0459. The number of hydrogen-bond donors (Lipinski definition) is 3. The zero-order chi connectivity index (χ0) is 24.0. The van der Waals surface area contributed by atoms with Crippen LogP contribution in [0.1, 0.15) is 16.7 Å². The Balaban J connectivity index is 1.67. The van der Waals surface area contributed by atoms with Crippen LogP contribution in [0.5, 0.6) is 0 Å². The van der Waals surface area contributed by atoms with Crippen molar-refractivity contribution in [2.75, 3.05) is 16.0 Å². The predicted octanol–water partition coefficient (Wildman–Crippen LogP) is 6.36. The van der Waals surface area contributed by atoms with Crippen LogP contribution in [0.15, 0.2) is 67.0 Å². The van der Waals surface area contributed by atoms with E-state index in [9.17, 15) is 22.8 Å². The molecule has 0 saturated carbocycles. The number of nitrogens with one attached hydrogen (secondary N) is 3. The molecular weight excluding hydrogens is 457 g/mol. The Morgan fingerprint density at radius 3 is 2.48 bits per heavy atom. The molecular formula is C23H18ClF3N4O2. The summed E-state index contributed by atoms with van der Waals surface area (Å²) in [6, 6.07) is 10.2. The highest BCUT2D eigenvalue weighted by molar-refractivity contribution is 6.33. The molecule has 0 spiro atoms. The summed E-state index contributed by atoms with van der Waals surface area (Å²) in [4.78, 5) is 28.5. The van der Waals surface area contributed by atoms with Crippen molar-refractivity contribution in [3.8, 4) is 0 Å². The number of carbonyl (C=O) groups is 2. The number of aryl methyl sites for hydroxylation is 1. The van der Waals surface area contributed by atoms with Gasteiger partial charge in [-0.2, -0.15) is 13.2 Å². The van der Waals surface area contributed by atoms with E-state index in [1.807, 2.05) is 0 Å². The minimum Gasteiger partial charge on any atom is -0.322 e. The Bertz CT molecular complexity index is 1200. The highest BCUT2D eigenvalue weighted by Gasteiger charge is 2.31. The Morgan fingerprint density at radius 1 is 1.00 bits per heavy atom. The van der Waals surface area contributed by atoms with Gasteiger partial charge in [-0.05, 0) is 60.5 Å². The smallest absolute Gasteiger partial charge is 0.322 e. The molecule has 2 aromatic carbocycles. The van der Waals surface area contributed by atoms with Gasteiger partial charge in [0.25, 0.3) is 0 Å². The molecule has 0 aliphatic heterocycles. The van der Waals surface area contributed by atoms with Gasteiger partial charge in [0.2, 0.25) is 5.91 Å². The molecule has 170 valence electrons. The number of alkyl halides is 3. The minimum atomic E-state index is -4.58. The average Bonchev–Trinajstić information content (AvgIpc) is 2.76. The van der Waals surface area contributed by atoms with E-state index in [1.54, 1.807) is 49.7 Å². The van der Waals surface area contributed by atoms with Gasteiger partial charge in [0, 0.05) is 29.8 Å². The van der Waals surface area contributed by atoms with Crippen molar-refractivity contribution in [1.82, 2.24) is 4.98 Å². The molecule has 0 radical (unpaired) electrons. The van der Waals surface area contributed by atoms with Crippen LogP contribution in [0.25, 0.3) is 6.08 Å². The molecule has 0 aliphatic rings. The zero-order valence-corrected chi connectivity index (χ0v) is 18.0. The van der Waals surface area contributed by atoms with Gasteiger partial charge in [-0.1, -0.05) is 23.7 Å². The topological polar surface area (TPSA) is 83.1 Å². The number of hydrogen-bond acceptors (Lipinski definition) is 3. The lowest BCUT2D eigenvalue weighted by Crippen LogP contribution is -2.20. The fourth-order valence-electron chi connectivity index (χ4n) is 2.74. The summed E-state index contributed by atoms with van der Waals surface area (Å²) in [5.74, 6) is -0.390. The van der Waals surface area contributed by atoms with Gasteiger partial charge in [0.1, 0.15) is 0 Å². The van der Waals surface area contributed by atoms with Crippen molar-refractivity contribution < 1.29 is 22.8 Å². The molecule has 0 atom stereocenters. The molecule has 10 heteroatoms. The maximum absolute atomic E-state index is 12.9. The number of carbonyl (C=O) groups excluding carboxylic acids is 2. The van der Waals surface area contributed by atoms with Gasteiger partial charge in [-0.15, -0.1) is 0 Å². The summed E-state index contributed by atoms with van der Waals surface area (Å²) < 4.78 is 38.7. The molecule has 3 aromatic rings. The number of pyridine rings is 1. The molecule has 0 unspecified atom stereocenters. The molecule has 0 bridgehead atoms. The number of amides is 3. The van der Waals surface area contributed by atoms with Gasteiger partial charge in [-0.25, -0.2) is 4.79 Å². The lowest BCUT2D eigenvalue weighted by atomic mass is 10.1. The summed E-state index contributed by atoms with van der Waals surface area (Å²) in [5.41, 5.74) is 1.13. The van der Waals surface area contributed by atoms with Crippen molar-refractivity contribution in [2.24, 2.45) is 0 Å². The second kappa shape index (κ2) is 10.2. The molecule has 0 saturated heterocycles. The number of nitrogens with zero attached hydrogens (tertiary/aromatic N) is 1. The van der Waals surface area contributed by atoms with E-state index in [-0.39, 0.29) is 16.6 Å². The first-order chi connectivity index (χ1) is 15.6. The maximum Gasteiger partial charge on any atom is 0.416 e. The summed E-state index contributed by atoms with van der Waals surface area (Å²) in [5, 5.41) is 7.47. The summed E-state index contributed by atoms with van der Waals surface area (Å²) in [7, 11) is 0. The van der Waals surface area contributed by atoms with Gasteiger partial charge in [0.05, 0.1) is 16.3 Å². The van der Waals surface area contributed by atoms with Crippen molar-refractivity contribution in [3.05, 3.63) is 88.7 Å². The number of benzene rings is 2. The fraction of sp³-hybridized carbons (Fsp3) is 0.0870. The number of aromatic nitrogens is 1. The second-order valence-electron chi connectivity index (χ2n) is 6.91. The standard InChI is InChI=1S/C23H18ClF3N4O2/c1-14-4-7-17(12-19(14)30-21(32)9-5-15-3-2-10-28-13-15)29-22(33)31-20-11-16(23(25,26)27)6-8-18(20)24/h2-13H,1H3,(H,30,32)(H2,29,31,33)/b9-5+. The van der Waals surface area contributed by atoms with E-state index in [0.717, 1.165) is 29.3 Å². The molecule has 1 heterocycles. The van der Waals surface area contributed by atoms with Crippen LogP contribution in [0, 0.1) is 6.92 Å². The number of rotatable bonds is 5. The predicted molar refractivity (Wildman–Crippen MR) is 122 cm³/mol. The first-order valence-electron chi connectivity index (χ1n) is 9.56. The van der Waals surface area contributed by atoms with Crippen LogP contribution in [0.4, 0.5) is 35.0 Å². The molecule has 3 amide bonds. The molecule has 33 heavy (non-hydrogen) atoms. The molecule has 3 rings (SSSR count). The summed E-state index contributed by atoms with van der Waals surface area (Å²) in [6.45, 7) is 1.77. The van der Waals surface area contributed by atoms with Crippen LogP contribution in [0.3, 0.4) is 0 Å². The Morgan fingerprint density at radius 2 is 1.79 bits per heavy atom. The lowest BCUT2D eigenvalue weighted by molar-refractivity contribution is -0.137. The number of urea groups is 1. The maximum atomic E-state index is 12.9. The first-order valence-corrected chi connectivity index (χ1v) is 9.94. The van der Waals surface area contributed by atoms with E-state index < -0.39 is 17.8 Å². The fourth-order valence-corrected chi connectivity index (χ4v) is 2.90. The van der Waals surface area contributed by atoms with Gasteiger partial charge < -0.3 is 16.0 Å². The van der Waals surface area contributed by atoms with E-state index in [4.69, 9.17) is 11.6 Å². The summed E-state index contributed by atoms with van der Waals surface area (Å²) >= 11 is 5.90. The quantitative estimate of drug-likeness (QED) is 0.376. The Hall–Kier alpha value is -3.85. The van der Waals surface area contributed by atoms with Gasteiger partial charge in [0.15, 0.2) is 0 Å². The van der Waals surface area contributed by atoms with E-state index in [2.05, 4.69) is 20.9 Å². The SMILES string of the molecule is Cc1ccc(NC(=O)Nc2cc(C(F)(F)F)ccc2Cl)cc1NC(=O)/C=C/c1cccnc1. The van der Waals surface area contributed by atoms with Crippen molar-refractivity contribution >= 4 is 46.7 Å². The van der Waals surface area contributed by atoms with Crippen LogP contribution in [-0.4, -0.2) is 16.9 Å². The number of halogens is 4. The largest absolute Gasteiger partial charge is 0.416 e. The first kappa shape index (κ1) is 23.8.